The minimum atomic E-state index is 0.854. The molecule has 0 radical (unpaired) electrons. The van der Waals surface area contributed by atoms with Crippen LogP contribution in [0.5, 0.6) is 0 Å². The molecule has 0 fully saturated rings. The third kappa shape index (κ3) is 6.08. The van der Waals surface area contributed by atoms with Gasteiger partial charge in [0.05, 0.1) is 0 Å². The molecule has 0 aliphatic rings. The van der Waals surface area contributed by atoms with Crippen molar-refractivity contribution in [2.24, 2.45) is 0 Å². The van der Waals surface area contributed by atoms with Crippen LogP contribution in [0.15, 0.2) is 48.5 Å². The van der Waals surface area contributed by atoms with Gasteiger partial charge in [0.2, 0.25) is 10.3 Å². The molecule has 0 atom stereocenters. The van der Waals surface area contributed by atoms with Crippen molar-refractivity contribution in [1.82, 2.24) is 20.4 Å². The summed E-state index contributed by atoms with van der Waals surface area (Å²) in [7, 11) is 0. The van der Waals surface area contributed by atoms with E-state index in [1.165, 1.54) is 11.1 Å². The zero-order valence-electron chi connectivity index (χ0n) is 17.8. The molecule has 0 saturated carbocycles. The number of aromatic nitrogens is 4. The van der Waals surface area contributed by atoms with E-state index in [0.717, 1.165) is 63.8 Å². The zero-order chi connectivity index (χ0) is 21.5. The molecule has 2 N–H and O–H groups in total. The Morgan fingerprint density at radius 3 is 1.52 bits per heavy atom. The fourth-order valence-corrected chi connectivity index (χ4v) is 4.78. The Balaban J connectivity index is 1.18. The summed E-state index contributed by atoms with van der Waals surface area (Å²) in [6.07, 6.45) is 5.27. The van der Waals surface area contributed by atoms with Crippen LogP contribution in [0.1, 0.15) is 40.4 Å². The quantitative estimate of drug-likeness (QED) is 0.270. The minimum Gasteiger partial charge on any atom is -0.330 e. The number of hydrogen-bond acceptors (Lipinski definition) is 8. The number of rotatable bonds is 10. The zero-order valence-corrected chi connectivity index (χ0v) is 19.4. The van der Waals surface area contributed by atoms with Gasteiger partial charge in [-0.2, -0.15) is 0 Å². The molecule has 0 bridgehead atoms. The highest BCUT2D eigenvalue weighted by Crippen LogP contribution is 2.25. The van der Waals surface area contributed by atoms with Crippen molar-refractivity contribution in [2.45, 2.75) is 46.0 Å². The van der Waals surface area contributed by atoms with Crippen molar-refractivity contribution in [3.63, 3.8) is 0 Å². The standard InChI is InChI=1S/C23H26N6S2/c1-16-10-6-8-12-18(16)24-22-28-26-20(30-22)14-4-3-5-15-21-27-29-23(31-21)25-19-13-9-7-11-17(19)2/h6-13H,3-5,14-15H2,1-2H3,(H,24,28)(H,25,29). The van der Waals surface area contributed by atoms with Crippen molar-refractivity contribution in [3.05, 3.63) is 69.7 Å². The lowest BCUT2D eigenvalue weighted by Gasteiger charge is -2.04. The van der Waals surface area contributed by atoms with Gasteiger partial charge in [0.25, 0.3) is 0 Å². The van der Waals surface area contributed by atoms with Gasteiger partial charge in [0.1, 0.15) is 10.0 Å². The third-order valence-electron chi connectivity index (χ3n) is 4.99. The van der Waals surface area contributed by atoms with Crippen LogP contribution in [-0.2, 0) is 12.8 Å². The second-order valence-corrected chi connectivity index (χ2v) is 9.57. The van der Waals surface area contributed by atoms with Crippen molar-refractivity contribution >= 4 is 44.3 Å². The number of nitrogens with zero attached hydrogens (tertiary/aromatic N) is 4. The first-order chi connectivity index (χ1) is 15.2. The van der Waals surface area contributed by atoms with Crippen molar-refractivity contribution in [2.75, 3.05) is 10.6 Å². The molecule has 2 aromatic heterocycles. The molecule has 4 rings (SSSR count). The maximum absolute atomic E-state index is 4.33. The lowest BCUT2D eigenvalue weighted by atomic mass is 10.1. The van der Waals surface area contributed by atoms with Crippen molar-refractivity contribution < 1.29 is 0 Å². The average Bonchev–Trinajstić information content (AvgIpc) is 3.41. The number of para-hydroxylation sites is 2. The first-order valence-corrected chi connectivity index (χ1v) is 12.1. The van der Waals surface area contributed by atoms with Crippen molar-refractivity contribution in [3.8, 4) is 0 Å². The Hall–Kier alpha value is -2.84. The van der Waals surface area contributed by atoms with E-state index in [1.54, 1.807) is 22.7 Å². The number of unbranched alkanes of at least 4 members (excludes halogenated alkanes) is 2. The van der Waals surface area contributed by atoms with Crippen LogP contribution in [0.3, 0.4) is 0 Å². The molecule has 31 heavy (non-hydrogen) atoms. The normalized spacial score (nSPS) is 10.9. The summed E-state index contributed by atoms with van der Waals surface area (Å²) in [4.78, 5) is 0. The second kappa shape index (κ2) is 10.5. The van der Waals surface area contributed by atoms with E-state index in [0.29, 0.717) is 0 Å². The van der Waals surface area contributed by atoms with Crippen molar-refractivity contribution in [1.29, 1.82) is 0 Å². The Bertz CT molecular complexity index is 1030. The first-order valence-electron chi connectivity index (χ1n) is 10.5. The third-order valence-corrected chi connectivity index (χ3v) is 6.79. The van der Waals surface area contributed by atoms with Crippen LogP contribution >= 0.6 is 22.7 Å². The van der Waals surface area contributed by atoms with Gasteiger partial charge in [0, 0.05) is 24.2 Å². The molecule has 160 valence electrons. The van der Waals surface area contributed by atoms with Gasteiger partial charge in [-0.05, 0) is 49.9 Å². The summed E-state index contributed by atoms with van der Waals surface area (Å²) in [5, 5.41) is 27.8. The Morgan fingerprint density at radius 1 is 0.613 bits per heavy atom. The van der Waals surface area contributed by atoms with E-state index < -0.39 is 0 Å². The molecule has 0 spiro atoms. The molecule has 0 unspecified atom stereocenters. The molecule has 0 saturated heterocycles. The van der Waals surface area contributed by atoms with E-state index in [1.807, 2.05) is 24.3 Å². The molecule has 4 aromatic rings. The van der Waals surface area contributed by atoms with Gasteiger partial charge in [-0.15, -0.1) is 20.4 Å². The lowest BCUT2D eigenvalue weighted by Crippen LogP contribution is -1.91. The molecule has 0 amide bonds. The molecule has 2 aromatic carbocycles. The van der Waals surface area contributed by atoms with Crippen LogP contribution in [0.25, 0.3) is 0 Å². The Kier molecular flexibility index (Phi) is 7.22. The van der Waals surface area contributed by atoms with E-state index >= 15 is 0 Å². The molecular weight excluding hydrogens is 424 g/mol. The number of nitrogens with one attached hydrogen (secondary N) is 2. The molecule has 6 nitrogen and oxygen atoms in total. The molecule has 0 aliphatic carbocycles. The summed E-state index contributed by atoms with van der Waals surface area (Å²) in [6, 6.07) is 16.4. The topological polar surface area (TPSA) is 75.6 Å². The number of aryl methyl sites for hydroxylation is 4. The van der Waals surface area contributed by atoms with E-state index in [9.17, 15) is 0 Å². The summed E-state index contributed by atoms with van der Waals surface area (Å²) in [6.45, 7) is 4.17. The lowest BCUT2D eigenvalue weighted by molar-refractivity contribution is 0.669. The average molecular weight is 451 g/mol. The number of benzene rings is 2. The Labute approximate surface area is 190 Å². The monoisotopic (exact) mass is 450 g/mol. The fraction of sp³-hybridized carbons (Fsp3) is 0.304. The fourth-order valence-electron chi connectivity index (χ4n) is 3.20. The molecule has 0 aliphatic heterocycles. The minimum absolute atomic E-state index is 0.854. The first kappa shape index (κ1) is 21.4. The maximum atomic E-state index is 4.33. The smallest absolute Gasteiger partial charge is 0.210 e. The summed E-state index contributed by atoms with van der Waals surface area (Å²) in [5.74, 6) is 0. The second-order valence-electron chi connectivity index (χ2n) is 7.44. The molecule has 2 heterocycles. The summed E-state index contributed by atoms with van der Waals surface area (Å²) in [5.41, 5.74) is 4.57. The van der Waals surface area contributed by atoms with Crippen LogP contribution in [0.2, 0.25) is 0 Å². The van der Waals surface area contributed by atoms with Crippen LogP contribution in [0, 0.1) is 13.8 Å². The predicted molar refractivity (Wildman–Crippen MR) is 130 cm³/mol. The highest BCUT2D eigenvalue weighted by atomic mass is 32.1. The summed E-state index contributed by atoms with van der Waals surface area (Å²) >= 11 is 3.27. The van der Waals surface area contributed by atoms with Gasteiger partial charge in [-0.1, -0.05) is 65.5 Å². The van der Waals surface area contributed by atoms with Gasteiger partial charge >= 0.3 is 0 Å². The highest BCUT2D eigenvalue weighted by molar-refractivity contribution is 7.15. The SMILES string of the molecule is Cc1ccccc1Nc1nnc(CCCCCc2nnc(Nc3ccccc3C)s2)s1. The van der Waals surface area contributed by atoms with Gasteiger partial charge in [-0.25, -0.2) is 0 Å². The Morgan fingerprint density at radius 2 is 1.06 bits per heavy atom. The maximum Gasteiger partial charge on any atom is 0.210 e. The molecule has 8 heteroatoms. The van der Waals surface area contributed by atoms with Gasteiger partial charge < -0.3 is 10.6 Å². The van der Waals surface area contributed by atoms with Gasteiger partial charge in [-0.3, -0.25) is 0 Å². The van der Waals surface area contributed by atoms with Crippen LogP contribution in [0.4, 0.5) is 21.6 Å². The number of anilines is 4. The van der Waals surface area contributed by atoms with Gasteiger partial charge in [0.15, 0.2) is 0 Å². The highest BCUT2D eigenvalue weighted by Gasteiger charge is 2.08. The summed E-state index contributed by atoms with van der Waals surface area (Å²) < 4.78 is 0. The predicted octanol–water partition coefficient (Wildman–Crippen LogP) is 6.45. The van der Waals surface area contributed by atoms with E-state index in [-0.39, 0.29) is 0 Å². The molecular formula is C23H26N6S2. The van der Waals surface area contributed by atoms with E-state index in [2.05, 4.69) is 69.1 Å². The van der Waals surface area contributed by atoms with E-state index in [4.69, 9.17) is 0 Å². The number of hydrogen-bond donors (Lipinski definition) is 2. The van der Waals surface area contributed by atoms with Crippen LogP contribution in [-0.4, -0.2) is 20.4 Å². The largest absolute Gasteiger partial charge is 0.330 e. The van der Waals surface area contributed by atoms with Crippen LogP contribution < -0.4 is 10.6 Å².